The van der Waals surface area contributed by atoms with E-state index in [-0.39, 0.29) is 11.8 Å². The van der Waals surface area contributed by atoms with E-state index in [1.165, 1.54) is 0 Å². The first kappa shape index (κ1) is 27.4. The van der Waals surface area contributed by atoms with Crippen LogP contribution in [0.2, 0.25) is 0 Å². The van der Waals surface area contributed by atoms with Crippen LogP contribution in [0.5, 0.6) is 5.75 Å². The van der Waals surface area contributed by atoms with Gasteiger partial charge >= 0.3 is 0 Å². The van der Waals surface area contributed by atoms with Crippen LogP contribution in [0, 0.1) is 5.41 Å². The zero-order valence-corrected chi connectivity index (χ0v) is 20.6. The molecule has 0 spiro atoms. The quantitative estimate of drug-likeness (QED) is 0.136. The van der Waals surface area contributed by atoms with Gasteiger partial charge in [-0.1, -0.05) is 80.7 Å². The standard InChI is InChI=1S/C25H28N2O2.C5H8O/c1-2-22(28)18-29-23-15-13-20(14-16-23)25(27-21-11-7-4-8-12-21)17-24(26)19-9-5-3-6-10-19;1-4(2)5(3)6/h3-16,22,25-28H,2,17-18H2,1H3;6H,1,3H2,2H3. The zero-order chi connectivity index (χ0) is 25.6. The minimum atomic E-state index is -0.450. The van der Waals surface area contributed by atoms with E-state index >= 15 is 0 Å². The number of ether oxygens (including phenoxy) is 1. The molecule has 3 rings (SSSR count). The van der Waals surface area contributed by atoms with E-state index in [4.69, 9.17) is 15.3 Å². The smallest absolute Gasteiger partial charge is 0.119 e. The summed E-state index contributed by atoms with van der Waals surface area (Å²) < 4.78 is 5.65. The number of aliphatic hydroxyl groups is 2. The molecular weight excluding hydrogens is 436 g/mol. The summed E-state index contributed by atoms with van der Waals surface area (Å²) in [6, 6.07) is 27.7. The molecule has 0 amide bonds. The maximum absolute atomic E-state index is 9.67. The summed E-state index contributed by atoms with van der Waals surface area (Å²) in [6.45, 7) is 10.5. The van der Waals surface area contributed by atoms with Gasteiger partial charge in [0, 0.05) is 17.8 Å². The predicted octanol–water partition coefficient (Wildman–Crippen LogP) is 7.08. The monoisotopic (exact) mass is 472 g/mol. The number of anilines is 1. The van der Waals surface area contributed by atoms with Crippen LogP contribution >= 0.6 is 0 Å². The van der Waals surface area contributed by atoms with E-state index < -0.39 is 6.10 Å². The number of aliphatic hydroxyl groups excluding tert-OH is 2. The first-order chi connectivity index (χ1) is 16.8. The lowest BCUT2D eigenvalue weighted by Gasteiger charge is -2.21. The van der Waals surface area contributed by atoms with E-state index in [1.807, 2.05) is 91.9 Å². The zero-order valence-electron chi connectivity index (χ0n) is 20.6. The second kappa shape index (κ2) is 14.4. The van der Waals surface area contributed by atoms with Crippen molar-refractivity contribution in [1.29, 1.82) is 5.41 Å². The largest absolute Gasteiger partial charge is 0.508 e. The highest BCUT2D eigenvalue weighted by Crippen LogP contribution is 2.26. The third kappa shape index (κ3) is 9.90. The molecule has 2 atom stereocenters. The highest BCUT2D eigenvalue weighted by Gasteiger charge is 2.15. The summed E-state index contributed by atoms with van der Waals surface area (Å²) in [5, 5.41) is 30.1. The van der Waals surface area contributed by atoms with E-state index in [2.05, 4.69) is 18.5 Å². The third-order valence-corrected chi connectivity index (χ3v) is 5.33. The van der Waals surface area contributed by atoms with Crippen molar-refractivity contribution in [1.82, 2.24) is 0 Å². The van der Waals surface area contributed by atoms with Gasteiger partial charge in [-0.3, -0.25) is 0 Å². The van der Waals surface area contributed by atoms with Crippen LogP contribution in [0.1, 0.15) is 43.9 Å². The molecule has 0 aliphatic heterocycles. The van der Waals surface area contributed by atoms with Crippen molar-refractivity contribution in [2.75, 3.05) is 11.9 Å². The van der Waals surface area contributed by atoms with Crippen LogP contribution in [0.3, 0.4) is 0 Å². The first-order valence-electron chi connectivity index (χ1n) is 11.7. The number of hydrogen-bond donors (Lipinski definition) is 4. The molecule has 3 aromatic rings. The van der Waals surface area contributed by atoms with E-state index in [0.29, 0.717) is 30.7 Å². The molecule has 5 heteroatoms. The number of hydrogen-bond acceptors (Lipinski definition) is 5. The molecule has 0 aliphatic carbocycles. The fraction of sp³-hybridized carbons (Fsp3) is 0.233. The topological polar surface area (TPSA) is 85.6 Å². The van der Waals surface area contributed by atoms with Gasteiger partial charge < -0.3 is 25.7 Å². The van der Waals surface area contributed by atoms with Crippen LogP contribution in [-0.4, -0.2) is 28.6 Å². The summed E-state index contributed by atoms with van der Waals surface area (Å²) in [5.74, 6) is 0.799. The fourth-order valence-corrected chi connectivity index (χ4v) is 3.06. The van der Waals surface area contributed by atoms with Crippen molar-refractivity contribution in [3.63, 3.8) is 0 Å². The maximum atomic E-state index is 9.67. The van der Waals surface area contributed by atoms with Gasteiger partial charge in [0.25, 0.3) is 0 Å². The Labute approximate surface area is 208 Å². The molecular formula is C30H36N2O3. The highest BCUT2D eigenvalue weighted by atomic mass is 16.5. The molecule has 2 unspecified atom stereocenters. The van der Waals surface area contributed by atoms with Crippen molar-refractivity contribution in [2.45, 2.75) is 38.8 Å². The van der Waals surface area contributed by atoms with Gasteiger partial charge in [-0.2, -0.15) is 0 Å². The van der Waals surface area contributed by atoms with Gasteiger partial charge in [0.05, 0.1) is 12.1 Å². The van der Waals surface area contributed by atoms with Gasteiger partial charge in [0.1, 0.15) is 18.1 Å². The molecule has 5 nitrogen and oxygen atoms in total. The van der Waals surface area contributed by atoms with Gasteiger partial charge in [-0.15, -0.1) is 0 Å². The Hall–Kier alpha value is -3.83. The number of allylic oxidation sites excluding steroid dienone is 1. The van der Waals surface area contributed by atoms with Crippen molar-refractivity contribution in [3.05, 3.63) is 121 Å². The molecule has 184 valence electrons. The van der Waals surface area contributed by atoms with Crippen LogP contribution in [0.25, 0.3) is 0 Å². The summed E-state index contributed by atoms with van der Waals surface area (Å²) in [7, 11) is 0. The number of nitrogens with one attached hydrogen (secondary N) is 2. The lowest BCUT2D eigenvalue weighted by molar-refractivity contribution is 0.104. The summed E-state index contributed by atoms with van der Waals surface area (Å²) >= 11 is 0. The molecule has 0 radical (unpaired) electrons. The minimum Gasteiger partial charge on any atom is -0.508 e. The van der Waals surface area contributed by atoms with Gasteiger partial charge in [0.15, 0.2) is 0 Å². The minimum absolute atomic E-state index is 0.0413. The second-order valence-corrected chi connectivity index (χ2v) is 8.28. The van der Waals surface area contributed by atoms with Gasteiger partial charge in [-0.05, 0) is 54.3 Å². The number of benzene rings is 3. The average molecular weight is 473 g/mol. The van der Waals surface area contributed by atoms with E-state index in [0.717, 1.165) is 22.6 Å². The lowest BCUT2D eigenvalue weighted by Crippen LogP contribution is -2.17. The third-order valence-electron chi connectivity index (χ3n) is 5.33. The van der Waals surface area contributed by atoms with Crippen LogP contribution in [-0.2, 0) is 0 Å². The Morgan fingerprint density at radius 1 is 0.943 bits per heavy atom. The average Bonchev–Trinajstić information content (AvgIpc) is 2.88. The van der Waals surface area contributed by atoms with E-state index in [9.17, 15) is 5.11 Å². The summed E-state index contributed by atoms with van der Waals surface area (Å²) in [6.07, 6.45) is 0.782. The van der Waals surface area contributed by atoms with E-state index in [1.54, 1.807) is 6.92 Å². The maximum Gasteiger partial charge on any atom is 0.119 e. The van der Waals surface area contributed by atoms with Crippen molar-refractivity contribution >= 4 is 11.4 Å². The number of rotatable bonds is 11. The Kier molecular flexibility index (Phi) is 11.3. The predicted molar refractivity (Wildman–Crippen MR) is 146 cm³/mol. The van der Waals surface area contributed by atoms with Crippen molar-refractivity contribution < 1.29 is 14.9 Å². The Bertz CT molecular complexity index is 1050. The molecule has 4 N–H and O–H groups in total. The fourth-order valence-electron chi connectivity index (χ4n) is 3.06. The van der Waals surface area contributed by atoms with Crippen LogP contribution in [0.15, 0.2) is 109 Å². The molecule has 0 saturated heterocycles. The summed E-state index contributed by atoms with van der Waals surface area (Å²) in [4.78, 5) is 0. The normalized spacial score (nSPS) is 11.9. The lowest BCUT2D eigenvalue weighted by atomic mass is 9.97. The molecule has 0 aromatic heterocycles. The molecule has 0 bridgehead atoms. The molecule has 0 heterocycles. The summed E-state index contributed by atoms with van der Waals surface area (Å²) in [5.41, 5.74) is 4.24. The van der Waals surface area contributed by atoms with Crippen LogP contribution < -0.4 is 10.1 Å². The first-order valence-corrected chi connectivity index (χ1v) is 11.7. The highest BCUT2D eigenvalue weighted by molar-refractivity contribution is 5.98. The molecule has 0 saturated carbocycles. The van der Waals surface area contributed by atoms with Crippen molar-refractivity contribution in [3.8, 4) is 5.75 Å². The van der Waals surface area contributed by atoms with Crippen LogP contribution in [0.4, 0.5) is 5.69 Å². The molecule has 0 fully saturated rings. The Balaban J connectivity index is 0.000000641. The molecule has 35 heavy (non-hydrogen) atoms. The Morgan fingerprint density at radius 3 is 2.00 bits per heavy atom. The number of para-hydroxylation sites is 1. The molecule has 0 aliphatic rings. The van der Waals surface area contributed by atoms with Gasteiger partial charge in [0.2, 0.25) is 0 Å². The van der Waals surface area contributed by atoms with Gasteiger partial charge in [-0.25, -0.2) is 0 Å². The molecule has 3 aromatic carbocycles. The SMILES string of the molecule is C=C(C)C(=C)O.CCC(O)COc1ccc(C(CC(=N)c2ccccc2)Nc2ccccc2)cc1. The second-order valence-electron chi connectivity index (χ2n) is 8.28. The Morgan fingerprint density at radius 2 is 1.49 bits per heavy atom. The van der Waals surface area contributed by atoms with Crippen molar-refractivity contribution in [2.24, 2.45) is 0 Å².